The lowest BCUT2D eigenvalue weighted by atomic mass is 10.2. The zero-order chi connectivity index (χ0) is 13.7. The van der Waals surface area contributed by atoms with Crippen molar-refractivity contribution in [3.63, 3.8) is 0 Å². The van der Waals surface area contributed by atoms with Gasteiger partial charge in [-0.25, -0.2) is 9.78 Å². The molecule has 0 bridgehead atoms. The third-order valence-electron chi connectivity index (χ3n) is 2.25. The molecule has 19 heavy (non-hydrogen) atoms. The largest absolute Gasteiger partial charge is 0.444 e. The number of carbonyl (C=O) groups excluding carboxylic acids is 1. The van der Waals surface area contributed by atoms with Crippen LogP contribution in [-0.4, -0.2) is 11.1 Å². The van der Waals surface area contributed by atoms with Gasteiger partial charge in [0.25, 0.3) is 0 Å². The molecule has 4 nitrogen and oxygen atoms in total. The Labute approximate surface area is 129 Å². The van der Waals surface area contributed by atoms with Gasteiger partial charge in [-0.05, 0) is 40.3 Å². The molecule has 0 spiro atoms. The summed E-state index contributed by atoms with van der Waals surface area (Å²) in [6, 6.07) is 12.9. The Morgan fingerprint density at radius 1 is 1.26 bits per heavy atom. The van der Waals surface area contributed by atoms with Crippen LogP contribution in [0.3, 0.4) is 0 Å². The van der Waals surface area contributed by atoms with Crippen LogP contribution in [0.4, 0.5) is 10.6 Å². The van der Waals surface area contributed by atoms with E-state index in [0.29, 0.717) is 11.0 Å². The number of rotatable bonds is 3. The lowest BCUT2D eigenvalue weighted by Gasteiger charge is -2.07. The Kier molecular flexibility index (Phi) is 4.98. The highest BCUT2D eigenvalue weighted by Crippen LogP contribution is 2.18. The van der Waals surface area contributed by atoms with E-state index in [2.05, 4.69) is 32.9 Å². The molecule has 0 radical (unpaired) electrons. The number of pyridine rings is 1. The van der Waals surface area contributed by atoms with Gasteiger partial charge in [0, 0.05) is 0 Å². The van der Waals surface area contributed by atoms with E-state index >= 15 is 0 Å². The maximum absolute atomic E-state index is 11.6. The SMILES string of the molecule is O=C(Nc1ccc(I)c(Cl)n1)OCc1ccccc1. The van der Waals surface area contributed by atoms with Crippen LogP contribution in [0.15, 0.2) is 42.5 Å². The number of nitrogens with zero attached hydrogens (tertiary/aromatic N) is 1. The smallest absolute Gasteiger partial charge is 0.413 e. The van der Waals surface area contributed by atoms with E-state index in [9.17, 15) is 4.79 Å². The summed E-state index contributed by atoms with van der Waals surface area (Å²) in [4.78, 5) is 15.6. The van der Waals surface area contributed by atoms with Crippen molar-refractivity contribution >= 4 is 46.1 Å². The molecule has 0 atom stereocenters. The highest BCUT2D eigenvalue weighted by molar-refractivity contribution is 14.1. The Morgan fingerprint density at radius 2 is 2.00 bits per heavy atom. The molecule has 0 unspecified atom stereocenters. The molecular weight excluding hydrogens is 379 g/mol. The van der Waals surface area contributed by atoms with Gasteiger partial charge in [-0.15, -0.1) is 0 Å². The van der Waals surface area contributed by atoms with E-state index in [1.807, 2.05) is 30.3 Å². The van der Waals surface area contributed by atoms with Crippen LogP contribution in [-0.2, 0) is 11.3 Å². The van der Waals surface area contributed by atoms with E-state index in [1.54, 1.807) is 12.1 Å². The minimum absolute atomic E-state index is 0.213. The fraction of sp³-hybridized carbons (Fsp3) is 0.0769. The topological polar surface area (TPSA) is 51.2 Å². The van der Waals surface area contributed by atoms with Gasteiger partial charge in [-0.3, -0.25) is 5.32 Å². The average molecular weight is 389 g/mol. The van der Waals surface area contributed by atoms with E-state index in [-0.39, 0.29) is 6.61 Å². The summed E-state index contributed by atoms with van der Waals surface area (Å²) < 4.78 is 5.89. The molecule has 1 heterocycles. The second-order valence-corrected chi connectivity index (χ2v) is 5.18. The van der Waals surface area contributed by atoms with Gasteiger partial charge in [0.05, 0.1) is 3.57 Å². The number of amides is 1. The Balaban J connectivity index is 1.89. The lowest BCUT2D eigenvalue weighted by molar-refractivity contribution is 0.155. The van der Waals surface area contributed by atoms with Crippen LogP contribution in [0.1, 0.15) is 5.56 Å². The van der Waals surface area contributed by atoms with Crippen LogP contribution in [0.25, 0.3) is 0 Å². The summed E-state index contributed by atoms with van der Waals surface area (Å²) in [5.74, 6) is 0.364. The van der Waals surface area contributed by atoms with Crippen molar-refractivity contribution in [2.75, 3.05) is 5.32 Å². The zero-order valence-electron chi connectivity index (χ0n) is 9.77. The maximum atomic E-state index is 11.6. The lowest BCUT2D eigenvalue weighted by Crippen LogP contribution is -2.14. The van der Waals surface area contributed by atoms with Crippen LogP contribution < -0.4 is 5.32 Å². The number of aromatic nitrogens is 1. The predicted octanol–water partition coefficient (Wildman–Crippen LogP) is 4.09. The number of halogens is 2. The molecule has 0 fully saturated rings. The molecule has 0 aliphatic rings. The van der Waals surface area contributed by atoms with Gasteiger partial charge < -0.3 is 4.74 Å². The van der Waals surface area contributed by atoms with E-state index < -0.39 is 6.09 Å². The minimum atomic E-state index is -0.561. The summed E-state index contributed by atoms with van der Waals surface area (Å²) >= 11 is 7.92. The summed E-state index contributed by atoms with van der Waals surface area (Å²) in [6.07, 6.45) is -0.561. The molecule has 6 heteroatoms. The highest BCUT2D eigenvalue weighted by Gasteiger charge is 2.06. The predicted molar refractivity (Wildman–Crippen MR) is 82.2 cm³/mol. The van der Waals surface area contributed by atoms with Crippen molar-refractivity contribution in [3.8, 4) is 0 Å². The normalized spacial score (nSPS) is 10.0. The number of carbonyl (C=O) groups is 1. The number of hydrogen-bond donors (Lipinski definition) is 1. The molecule has 1 N–H and O–H groups in total. The molecule has 0 aliphatic carbocycles. The van der Waals surface area contributed by atoms with Gasteiger partial charge in [0.15, 0.2) is 0 Å². The van der Waals surface area contributed by atoms with Gasteiger partial charge in [0.2, 0.25) is 0 Å². The fourth-order valence-corrected chi connectivity index (χ4v) is 1.81. The van der Waals surface area contributed by atoms with Gasteiger partial charge in [-0.1, -0.05) is 41.9 Å². The molecule has 0 saturated heterocycles. The van der Waals surface area contributed by atoms with Gasteiger partial charge in [-0.2, -0.15) is 0 Å². The van der Waals surface area contributed by atoms with Crippen LogP contribution in [0.5, 0.6) is 0 Å². The Bertz CT molecular complexity index is 578. The monoisotopic (exact) mass is 388 g/mol. The number of benzene rings is 1. The molecule has 98 valence electrons. The molecule has 2 rings (SSSR count). The summed E-state index contributed by atoms with van der Waals surface area (Å²) in [6.45, 7) is 0.213. The Morgan fingerprint density at radius 3 is 2.68 bits per heavy atom. The van der Waals surface area contributed by atoms with E-state index in [4.69, 9.17) is 16.3 Å². The van der Waals surface area contributed by atoms with E-state index in [1.165, 1.54) is 0 Å². The molecule has 1 amide bonds. The van der Waals surface area contributed by atoms with E-state index in [0.717, 1.165) is 9.13 Å². The van der Waals surface area contributed by atoms with Gasteiger partial charge >= 0.3 is 6.09 Å². The number of anilines is 1. The summed E-state index contributed by atoms with van der Waals surface area (Å²) in [5.41, 5.74) is 0.922. The molecule has 0 aliphatic heterocycles. The second-order valence-electron chi connectivity index (χ2n) is 3.66. The van der Waals surface area contributed by atoms with Gasteiger partial charge in [0.1, 0.15) is 17.6 Å². The highest BCUT2D eigenvalue weighted by atomic mass is 127. The first kappa shape index (κ1) is 14.1. The van der Waals surface area contributed by atoms with Crippen molar-refractivity contribution in [1.29, 1.82) is 0 Å². The van der Waals surface area contributed by atoms with Crippen LogP contribution in [0, 0.1) is 3.57 Å². The molecule has 2 aromatic rings. The number of ether oxygens (including phenoxy) is 1. The molecular formula is C13H10ClIN2O2. The first-order valence-corrected chi connectivity index (χ1v) is 6.90. The minimum Gasteiger partial charge on any atom is -0.444 e. The third kappa shape index (κ3) is 4.36. The van der Waals surface area contributed by atoms with Crippen LogP contribution in [0.2, 0.25) is 5.15 Å². The first-order valence-electron chi connectivity index (χ1n) is 5.45. The van der Waals surface area contributed by atoms with Crippen LogP contribution >= 0.6 is 34.2 Å². The molecule has 0 saturated carbocycles. The number of hydrogen-bond acceptors (Lipinski definition) is 3. The van der Waals surface area contributed by atoms with Crippen molar-refractivity contribution in [1.82, 2.24) is 4.98 Å². The zero-order valence-corrected chi connectivity index (χ0v) is 12.7. The average Bonchev–Trinajstić information content (AvgIpc) is 2.42. The second kappa shape index (κ2) is 6.72. The number of nitrogens with one attached hydrogen (secondary N) is 1. The fourth-order valence-electron chi connectivity index (χ4n) is 1.35. The van der Waals surface area contributed by atoms with Crippen molar-refractivity contribution in [2.45, 2.75) is 6.61 Å². The third-order valence-corrected chi connectivity index (χ3v) is 3.72. The maximum Gasteiger partial charge on any atom is 0.413 e. The Hall–Kier alpha value is -1.34. The standard InChI is InChI=1S/C13H10ClIN2O2/c14-12-10(15)6-7-11(16-12)17-13(18)19-8-9-4-2-1-3-5-9/h1-7H,8H2,(H,16,17,18). The summed E-state index contributed by atoms with van der Waals surface area (Å²) in [5, 5.41) is 2.87. The van der Waals surface area contributed by atoms with Crippen molar-refractivity contribution in [2.24, 2.45) is 0 Å². The quantitative estimate of drug-likeness (QED) is 0.636. The van der Waals surface area contributed by atoms with Crippen molar-refractivity contribution in [3.05, 3.63) is 56.8 Å². The first-order chi connectivity index (χ1) is 9.15. The summed E-state index contributed by atoms with van der Waals surface area (Å²) in [7, 11) is 0. The van der Waals surface area contributed by atoms with Crippen molar-refractivity contribution < 1.29 is 9.53 Å². The molecule has 1 aromatic heterocycles. The molecule has 1 aromatic carbocycles.